The Kier molecular flexibility index (Phi) is 12.3. The third-order valence-corrected chi connectivity index (χ3v) is 7.04. The van der Waals surface area contributed by atoms with Crippen molar-refractivity contribution in [3.63, 3.8) is 0 Å². The number of rotatable bonds is 10. The first-order chi connectivity index (χ1) is 14.5. The molecule has 1 rings (SSSR count). The Bertz CT molecular complexity index is 784. The van der Waals surface area contributed by atoms with Crippen LogP contribution in [0.4, 0.5) is 5.69 Å². The zero-order chi connectivity index (χ0) is 23.9. The molecular formula is C17H22I3N3O8. The quantitative estimate of drug-likeness (QED) is 0.117. The second-order valence-corrected chi connectivity index (χ2v) is 9.47. The highest BCUT2D eigenvalue weighted by Crippen LogP contribution is 2.36. The number of halogens is 3. The Labute approximate surface area is 218 Å². The number of carbonyl (C=O) groups is 3. The molecule has 14 heteroatoms. The van der Waals surface area contributed by atoms with Gasteiger partial charge < -0.3 is 41.5 Å². The SMILES string of the molecule is CC(O)C(=O)Nc1c(I)c(C(=O)NC(O)CCO)c(I)c(C(=O)NC(O)CCO)c1I. The van der Waals surface area contributed by atoms with E-state index in [0.717, 1.165) is 0 Å². The molecule has 0 aliphatic carbocycles. The van der Waals surface area contributed by atoms with Crippen LogP contribution < -0.4 is 16.0 Å². The van der Waals surface area contributed by atoms with Gasteiger partial charge in [-0.2, -0.15) is 0 Å². The largest absolute Gasteiger partial charge is 0.396 e. The molecule has 3 unspecified atom stereocenters. The minimum atomic E-state index is -1.36. The zero-order valence-electron chi connectivity index (χ0n) is 16.2. The third-order valence-electron chi connectivity index (χ3n) is 3.80. The maximum Gasteiger partial charge on any atom is 0.255 e. The first-order valence-electron chi connectivity index (χ1n) is 8.85. The smallest absolute Gasteiger partial charge is 0.255 e. The lowest BCUT2D eigenvalue weighted by Gasteiger charge is -2.21. The normalized spacial score (nSPS) is 13.8. The Hall–Kier alpha value is -0.380. The lowest BCUT2D eigenvalue weighted by Crippen LogP contribution is -2.39. The maximum absolute atomic E-state index is 12.8. The molecule has 0 fully saturated rings. The summed E-state index contributed by atoms with van der Waals surface area (Å²) < 4.78 is 0.687. The lowest BCUT2D eigenvalue weighted by molar-refractivity contribution is -0.123. The second-order valence-electron chi connectivity index (χ2n) is 6.24. The van der Waals surface area contributed by atoms with Crippen molar-refractivity contribution in [3.05, 3.63) is 21.8 Å². The van der Waals surface area contributed by atoms with Crippen LogP contribution in [-0.2, 0) is 4.79 Å². The summed E-state index contributed by atoms with van der Waals surface area (Å²) in [4.78, 5) is 37.7. The Morgan fingerprint density at radius 1 is 0.806 bits per heavy atom. The number of aliphatic hydroxyl groups excluding tert-OH is 5. The van der Waals surface area contributed by atoms with E-state index < -0.39 is 36.3 Å². The minimum absolute atomic E-state index is 0.0266. The average Bonchev–Trinajstić information content (AvgIpc) is 2.65. The average molecular weight is 777 g/mol. The van der Waals surface area contributed by atoms with Gasteiger partial charge in [-0.3, -0.25) is 14.4 Å². The van der Waals surface area contributed by atoms with Gasteiger partial charge in [-0.1, -0.05) is 0 Å². The Morgan fingerprint density at radius 3 is 1.52 bits per heavy atom. The van der Waals surface area contributed by atoms with Crippen molar-refractivity contribution in [2.24, 2.45) is 0 Å². The molecule has 174 valence electrons. The van der Waals surface area contributed by atoms with Gasteiger partial charge in [0.2, 0.25) is 0 Å². The number of hydrogen-bond acceptors (Lipinski definition) is 8. The van der Waals surface area contributed by atoms with Crippen molar-refractivity contribution in [1.29, 1.82) is 0 Å². The van der Waals surface area contributed by atoms with Crippen LogP contribution in [0.2, 0.25) is 0 Å². The standard InChI is InChI=1S/C17H22I3N3O8/c1-6(26)15(29)23-14-12(19)9(16(30)21-7(27)2-4-24)11(18)10(13(14)20)17(31)22-8(28)3-5-25/h6-8,24-28H,2-5H2,1H3,(H,21,30)(H,22,31)(H,23,29). The van der Waals surface area contributed by atoms with E-state index in [0.29, 0.717) is 0 Å². The minimum Gasteiger partial charge on any atom is -0.396 e. The lowest BCUT2D eigenvalue weighted by atomic mass is 10.1. The van der Waals surface area contributed by atoms with Crippen LogP contribution in [0.3, 0.4) is 0 Å². The van der Waals surface area contributed by atoms with Gasteiger partial charge >= 0.3 is 0 Å². The first kappa shape index (κ1) is 28.7. The van der Waals surface area contributed by atoms with Crippen LogP contribution in [0, 0.1) is 10.7 Å². The zero-order valence-corrected chi connectivity index (χ0v) is 22.6. The molecule has 3 amide bonds. The molecule has 0 aliphatic heterocycles. The predicted octanol–water partition coefficient (Wildman–Crippen LogP) is -0.319. The number of hydrogen-bond donors (Lipinski definition) is 8. The van der Waals surface area contributed by atoms with E-state index in [9.17, 15) is 29.7 Å². The molecule has 11 nitrogen and oxygen atoms in total. The number of anilines is 1. The van der Waals surface area contributed by atoms with Crippen molar-refractivity contribution < 1.29 is 39.9 Å². The van der Waals surface area contributed by atoms with E-state index in [4.69, 9.17) is 10.2 Å². The summed E-state index contributed by atoms with van der Waals surface area (Å²) in [7, 11) is 0. The van der Waals surface area contributed by atoms with Crippen molar-refractivity contribution in [2.45, 2.75) is 38.3 Å². The fourth-order valence-corrected chi connectivity index (χ4v) is 6.65. The molecule has 0 spiro atoms. The molecule has 31 heavy (non-hydrogen) atoms. The Morgan fingerprint density at radius 2 is 1.19 bits per heavy atom. The van der Waals surface area contributed by atoms with E-state index >= 15 is 0 Å². The van der Waals surface area contributed by atoms with Crippen LogP contribution in [-0.4, -0.2) is 75.0 Å². The molecule has 0 heterocycles. The molecule has 0 saturated heterocycles. The van der Waals surface area contributed by atoms with Crippen LogP contribution in [0.25, 0.3) is 0 Å². The molecule has 1 aromatic carbocycles. The molecule has 3 atom stereocenters. The van der Waals surface area contributed by atoms with Gasteiger partial charge in [-0.15, -0.1) is 0 Å². The summed E-state index contributed by atoms with van der Waals surface area (Å²) in [5.74, 6) is -2.29. The van der Waals surface area contributed by atoms with Gasteiger partial charge in [-0.05, 0) is 74.7 Å². The Balaban J connectivity index is 3.59. The fraction of sp³-hybridized carbons (Fsp3) is 0.471. The highest BCUT2D eigenvalue weighted by Gasteiger charge is 2.30. The van der Waals surface area contributed by atoms with E-state index in [1.54, 1.807) is 67.8 Å². The van der Waals surface area contributed by atoms with E-state index in [1.165, 1.54) is 6.92 Å². The van der Waals surface area contributed by atoms with Gasteiger partial charge in [0.25, 0.3) is 17.7 Å². The molecule has 0 aliphatic rings. The number of carbonyl (C=O) groups excluding carboxylic acids is 3. The van der Waals surface area contributed by atoms with Crippen LogP contribution in [0.1, 0.15) is 40.5 Å². The predicted molar refractivity (Wildman–Crippen MR) is 135 cm³/mol. The van der Waals surface area contributed by atoms with Crippen molar-refractivity contribution in [1.82, 2.24) is 10.6 Å². The van der Waals surface area contributed by atoms with Gasteiger partial charge in [0.1, 0.15) is 18.6 Å². The van der Waals surface area contributed by atoms with Crippen molar-refractivity contribution >= 4 is 91.2 Å². The summed E-state index contributed by atoms with van der Waals surface area (Å²) in [5, 5.41) is 54.1. The first-order valence-corrected chi connectivity index (χ1v) is 12.1. The third kappa shape index (κ3) is 7.86. The summed E-state index contributed by atoms with van der Waals surface area (Å²) in [6, 6.07) is 0. The summed E-state index contributed by atoms with van der Waals surface area (Å²) >= 11 is 5.37. The number of amides is 3. The number of nitrogens with one attached hydrogen (secondary N) is 3. The van der Waals surface area contributed by atoms with E-state index in [1.807, 2.05) is 0 Å². The fourth-order valence-electron chi connectivity index (χ4n) is 2.24. The second kappa shape index (κ2) is 13.4. The molecule has 1 aromatic rings. The molecular weight excluding hydrogens is 755 g/mol. The summed E-state index contributed by atoms with van der Waals surface area (Å²) in [6.07, 6.45) is -4.28. The molecule has 8 N–H and O–H groups in total. The molecule has 0 aromatic heterocycles. The highest BCUT2D eigenvalue weighted by molar-refractivity contribution is 14.1. The van der Waals surface area contributed by atoms with Crippen LogP contribution in [0.15, 0.2) is 0 Å². The summed E-state index contributed by atoms with van der Waals surface area (Å²) in [5.41, 5.74) is 0.0405. The van der Waals surface area contributed by atoms with Gasteiger partial charge in [-0.25, -0.2) is 0 Å². The van der Waals surface area contributed by atoms with Crippen LogP contribution in [0.5, 0.6) is 0 Å². The molecule has 0 saturated carbocycles. The maximum atomic E-state index is 12.8. The van der Waals surface area contributed by atoms with Crippen LogP contribution >= 0.6 is 67.8 Å². The van der Waals surface area contributed by atoms with E-state index in [2.05, 4.69) is 16.0 Å². The molecule has 0 radical (unpaired) electrons. The van der Waals surface area contributed by atoms with Gasteiger partial charge in [0.05, 0.1) is 24.0 Å². The molecule has 0 bridgehead atoms. The van der Waals surface area contributed by atoms with Gasteiger partial charge in [0.15, 0.2) is 0 Å². The number of benzene rings is 1. The topological polar surface area (TPSA) is 188 Å². The van der Waals surface area contributed by atoms with Crippen molar-refractivity contribution in [3.8, 4) is 0 Å². The summed E-state index contributed by atoms with van der Waals surface area (Å²) in [6.45, 7) is 0.516. The van der Waals surface area contributed by atoms with Crippen molar-refractivity contribution in [2.75, 3.05) is 18.5 Å². The monoisotopic (exact) mass is 777 g/mol. The van der Waals surface area contributed by atoms with Gasteiger partial charge in [0, 0.05) is 29.6 Å². The number of aliphatic hydroxyl groups is 5. The highest BCUT2D eigenvalue weighted by atomic mass is 127. The van der Waals surface area contributed by atoms with E-state index in [-0.39, 0.29) is 53.6 Å².